The fourth-order valence-corrected chi connectivity index (χ4v) is 6.61. The average Bonchev–Trinajstić information content (AvgIpc) is 3.25. The van der Waals surface area contributed by atoms with Crippen LogP contribution in [0.3, 0.4) is 0 Å². The van der Waals surface area contributed by atoms with Crippen LogP contribution < -0.4 is 14.2 Å². The number of fused-ring (bicyclic) bond motifs is 6. The van der Waals surface area contributed by atoms with Crippen molar-refractivity contribution in [3.8, 4) is 28.4 Å². The third kappa shape index (κ3) is 3.85. The van der Waals surface area contributed by atoms with Crippen LogP contribution in [-0.2, 0) is 29.5 Å². The minimum Gasteiger partial charge on any atom is -0.496 e. The van der Waals surface area contributed by atoms with Crippen LogP contribution in [0.15, 0.2) is 53.4 Å². The van der Waals surface area contributed by atoms with Crippen molar-refractivity contribution < 1.29 is 27.2 Å². The van der Waals surface area contributed by atoms with Crippen molar-refractivity contribution in [1.29, 1.82) is 0 Å². The molecule has 1 atom stereocenters. The van der Waals surface area contributed by atoms with E-state index in [-0.39, 0.29) is 10.9 Å². The minimum absolute atomic E-state index is 0.117. The zero-order valence-electron chi connectivity index (χ0n) is 20.9. The van der Waals surface area contributed by atoms with E-state index < -0.39 is 10.1 Å². The summed E-state index contributed by atoms with van der Waals surface area (Å²) in [7, 11) is 0.442. The molecule has 2 N–H and O–H groups in total. The Morgan fingerprint density at radius 1 is 0.946 bits per heavy atom. The summed E-state index contributed by atoms with van der Waals surface area (Å²) in [5.74, 6) is 1.96. The van der Waals surface area contributed by atoms with Gasteiger partial charge in [0, 0.05) is 52.9 Å². The number of aromatic nitrogens is 1. The highest BCUT2D eigenvalue weighted by Gasteiger charge is 2.35. The maximum Gasteiger partial charge on any atom is 0.295 e. The molecule has 192 valence electrons. The molecule has 0 radical (unpaired) electrons. The lowest BCUT2D eigenvalue weighted by Crippen LogP contribution is -2.39. The summed E-state index contributed by atoms with van der Waals surface area (Å²) in [6, 6.07) is 14.7. The molecule has 2 aliphatic rings. The van der Waals surface area contributed by atoms with Gasteiger partial charge in [-0.3, -0.25) is 9.45 Å². The Hall–Kier alpha value is -3.53. The Kier molecular flexibility index (Phi) is 5.67. The number of nitrogens with one attached hydrogen (secondary N) is 1. The zero-order chi connectivity index (χ0) is 25.9. The Morgan fingerprint density at radius 3 is 2.41 bits per heavy atom. The molecule has 1 aromatic heterocycles. The van der Waals surface area contributed by atoms with Crippen LogP contribution in [0.1, 0.15) is 28.4 Å². The molecule has 0 amide bonds. The molecule has 37 heavy (non-hydrogen) atoms. The largest absolute Gasteiger partial charge is 0.496 e. The van der Waals surface area contributed by atoms with E-state index in [0.717, 1.165) is 42.4 Å². The molecule has 3 aromatic carbocycles. The zero-order valence-corrected chi connectivity index (χ0v) is 21.7. The molecule has 3 heterocycles. The van der Waals surface area contributed by atoms with Gasteiger partial charge in [0.1, 0.15) is 10.6 Å². The predicted octanol–water partition coefficient (Wildman–Crippen LogP) is 4.76. The highest BCUT2D eigenvalue weighted by Crippen LogP contribution is 2.46. The molecule has 4 aromatic rings. The monoisotopic (exact) mass is 520 g/mol. The van der Waals surface area contributed by atoms with Gasteiger partial charge in [-0.1, -0.05) is 18.2 Å². The molecule has 1 unspecified atom stereocenters. The molecule has 0 saturated carbocycles. The number of methoxy groups -OCH3 is 3. The molecule has 0 spiro atoms. The number of benzene rings is 3. The normalized spacial score (nSPS) is 17.1. The topological polar surface area (TPSA) is 101 Å². The van der Waals surface area contributed by atoms with Crippen LogP contribution in [0.4, 0.5) is 0 Å². The SMILES string of the molecule is COc1cc2[nH]c3c(c2cc1OC)CC1c2cc(-c4ccccc4S(=O)(=O)O)c(OC)cc2CCN1C3. The highest BCUT2D eigenvalue weighted by molar-refractivity contribution is 7.86. The number of H-pyrrole nitrogens is 1. The molecule has 8 nitrogen and oxygen atoms in total. The Labute approximate surface area is 215 Å². The second-order valence-corrected chi connectivity index (χ2v) is 10.9. The van der Waals surface area contributed by atoms with Crippen molar-refractivity contribution in [1.82, 2.24) is 9.88 Å². The number of hydrogen-bond acceptors (Lipinski definition) is 6. The van der Waals surface area contributed by atoms with E-state index in [1.54, 1.807) is 39.5 Å². The van der Waals surface area contributed by atoms with E-state index in [1.807, 2.05) is 24.3 Å². The summed E-state index contributed by atoms with van der Waals surface area (Å²) >= 11 is 0. The smallest absolute Gasteiger partial charge is 0.295 e. The van der Waals surface area contributed by atoms with Gasteiger partial charge in [0.15, 0.2) is 11.5 Å². The van der Waals surface area contributed by atoms with E-state index in [2.05, 4.69) is 9.88 Å². The first-order valence-electron chi connectivity index (χ1n) is 12.1. The first kappa shape index (κ1) is 23.8. The summed E-state index contributed by atoms with van der Waals surface area (Å²) in [5.41, 5.74) is 6.85. The maximum absolute atomic E-state index is 12.2. The number of nitrogens with zero attached hydrogens (tertiary/aromatic N) is 1. The van der Waals surface area contributed by atoms with Crippen molar-refractivity contribution >= 4 is 21.0 Å². The van der Waals surface area contributed by atoms with Gasteiger partial charge in [0.2, 0.25) is 0 Å². The molecule has 6 rings (SSSR count). The van der Waals surface area contributed by atoms with Gasteiger partial charge in [-0.05, 0) is 53.8 Å². The van der Waals surface area contributed by atoms with E-state index in [0.29, 0.717) is 28.4 Å². The van der Waals surface area contributed by atoms with E-state index in [9.17, 15) is 13.0 Å². The summed E-state index contributed by atoms with van der Waals surface area (Å²) in [5, 5.41) is 1.12. The first-order chi connectivity index (χ1) is 17.8. The van der Waals surface area contributed by atoms with Gasteiger partial charge in [-0.2, -0.15) is 8.42 Å². The van der Waals surface area contributed by atoms with Crippen molar-refractivity contribution in [2.45, 2.75) is 30.3 Å². The molecule has 0 saturated heterocycles. The third-order valence-electron chi connectivity index (χ3n) is 7.64. The molecular weight excluding hydrogens is 492 g/mol. The predicted molar refractivity (Wildman–Crippen MR) is 140 cm³/mol. The van der Waals surface area contributed by atoms with Crippen molar-refractivity contribution in [3.05, 3.63) is 70.9 Å². The van der Waals surface area contributed by atoms with Crippen molar-refractivity contribution in [2.75, 3.05) is 27.9 Å². The second kappa shape index (κ2) is 8.79. The standard InChI is InChI=1S/C28H28N2O6S/c1-34-25-10-16-8-9-30-15-23-19(20-13-26(35-2)27(36-3)14-22(20)29-23)12-24(30)18(16)11-21(25)17-6-4-5-7-28(17)37(31,32)33/h4-7,10-11,13-14,24,29H,8-9,12,15H2,1-3H3,(H,31,32,33). The van der Waals surface area contributed by atoms with Gasteiger partial charge in [0.05, 0.1) is 21.3 Å². The van der Waals surface area contributed by atoms with Gasteiger partial charge in [-0.15, -0.1) is 0 Å². The van der Waals surface area contributed by atoms with Crippen LogP contribution >= 0.6 is 0 Å². The number of hydrogen-bond donors (Lipinski definition) is 2. The second-order valence-electron chi connectivity index (χ2n) is 9.50. The van der Waals surface area contributed by atoms with Crippen LogP contribution in [0.5, 0.6) is 17.2 Å². The molecule has 2 aliphatic heterocycles. The lowest BCUT2D eigenvalue weighted by atomic mass is 9.83. The number of ether oxygens (including phenoxy) is 3. The summed E-state index contributed by atoms with van der Waals surface area (Å²) in [6.07, 6.45) is 1.66. The lowest BCUT2D eigenvalue weighted by Gasteiger charge is -2.41. The fraction of sp³-hybridized carbons (Fsp3) is 0.286. The van der Waals surface area contributed by atoms with Gasteiger partial charge >= 0.3 is 0 Å². The van der Waals surface area contributed by atoms with Crippen molar-refractivity contribution in [3.63, 3.8) is 0 Å². The first-order valence-corrected chi connectivity index (χ1v) is 13.5. The lowest BCUT2D eigenvalue weighted by molar-refractivity contribution is 0.159. The Morgan fingerprint density at radius 2 is 1.68 bits per heavy atom. The van der Waals surface area contributed by atoms with E-state index in [1.165, 1.54) is 22.9 Å². The summed E-state index contributed by atoms with van der Waals surface area (Å²) < 4.78 is 51.0. The van der Waals surface area contributed by atoms with Gasteiger partial charge < -0.3 is 19.2 Å². The summed E-state index contributed by atoms with van der Waals surface area (Å²) in [4.78, 5) is 5.91. The maximum atomic E-state index is 12.2. The Bertz CT molecular complexity index is 1640. The van der Waals surface area contributed by atoms with E-state index >= 15 is 0 Å². The van der Waals surface area contributed by atoms with E-state index in [4.69, 9.17) is 14.2 Å². The fourth-order valence-electron chi connectivity index (χ4n) is 5.90. The highest BCUT2D eigenvalue weighted by atomic mass is 32.2. The van der Waals surface area contributed by atoms with Gasteiger partial charge in [-0.25, -0.2) is 0 Å². The average molecular weight is 521 g/mol. The van der Waals surface area contributed by atoms with Crippen LogP contribution in [0.2, 0.25) is 0 Å². The number of aromatic amines is 1. The minimum atomic E-state index is -4.41. The quantitative estimate of drug-likeness (QED) is 0.366. The third-order valence-corrected chi connectivity index (χ3v) is 8.55. The van der Waals surface area contributed by atoms with Crippen LogP contribution in [0, 0.1) is 0 Å². The van der Waals surface area contributed by atoms with Crippen LogP contribution in [0.25, 0.3) is 22.0 Å². The Balaban J connectivity index is 1.49. The molecular formula is C28H28N2O6S. The summed E-state index contributed by atoms with van der Waals surface area (Å²) in [6.45, 7) is 1.69. The van der Waals surface area contributed by atoms with Crippen LogP contribution in [-0.4, -0.2) is 50.7 Å². The van der Waals surface area contributed by atoms with Gasteiger partial charge in [0.25, 0.3) is 10.1 Å². The molecule has 0 bridgehead atoms. The molecule has 9 heteroatoms. The molecule has 0 aliphatic carbocycles. The number of rotatable bonds is 5. The molecule has 0 fully saturated rings. The van der Waals surface area contributed by atoms with Crippen molar-refractivity contribution in [2.24, 2.45) is 0 Å².